The third-order valence-electron chi connectivity index (χ3n) is 6.24. The van der Waals surface area contributed by atoms with Crippen LogP contribution < -0.4 is 5.32 Å². The molecule has 1 radical (unpaired) electrons. The van der Waals surface area contributed by atoms with E-state index < -0.39 is 5.67 Å². The number of alkyl halides is 1. The summed E-state index contributed by atoms with van der Waals surface area (Å²) in [7, 11) is 0. The number of rotatable bonds is 5. The van der Waals surface area contributed by atoms with Gasteiger partial charge in [-0.3, -0.25) is 4.90 Å². The lowest BCUT2D eigenvalue weighted by atomic mass is 9.87. The second-order valence-electron chi connectivity index (χ2n) is 8.39. The Kier molecular flexibility index (Phi) is 4.60. The number of aromatic nitrogens is 1. The number of ether oxygens (including phenoxy) is 1. The quantitative estimate of drug-likeness (QED) is 0.672. The molecule has 5 rings (SSSR count). The second kappa shape index (κ2) is 7.15. The van der Waals surface area contributed by atoms with Gasteiger partial charge in [-0.15, -0.1) is 0 Å². The first-order chi connectivity index (χ1) is 14.1. The van der Waals surface area contributed by atoms with E-state index >= 15 is 4.39 Å². The number of aromatic amines is 1. The van der Waals surface area contributed by atoms with Crippen molar-refractivity contribution >= 4 is 16.6 Å². The van der Waals surface area contributed by atoms with E-state index in [9.17, 15) is 0 Å². The molecule has 1 fully saturated rings. The van der Waals surface area contributed by atoms with Gasteiger partial charge in [-0.25, -0.2) is 4.39 Å². The molecule has 2 N–H and O–H groups in total. The molecule has 0 spiro atoms. The average Bonchev–Trinajstić information content (AvgIpc) is 3.06. The van der Waals surface area contributed by atoms with Crippen LogP contribution in [-0.4, -0.2) is 47.9 Å². The molecule has 1 aromatic heterocycles. The summed E-state index contributed by atoms with van der Waals surface area (Å²) in [6.45, 7) is 7.47. The largest absolute Gasteiger partial charge is 0.385 e. The van der Waals surface area contributed by atoms with Crippen LogP contribution in [0.15, 0.2) is 48.5 Å². The number of anilines is 1. The molecular weight excluding hydrogens is 365 g/mol. The SMILES string of the molecule is [CH2]CNc1cccc([C@@H]2c3[nH]c4ccccc4c3C[C@@H](C)N2CC2(F)COC2)c1. The van der Waals surface area contributed by atoms with Crippen LogP contribution in [0.2, 0.25) is 0 Å². The lowest BCUT2D eigenvalue weighted by molar-refractivity contribution is -0.147. The zero-order chi connectivity index (χ0) is 20.0. The predicted octanol–water partition coefficient (Wildman–Crippen LogP) is 4.49. The molecule has 1 saturated heterocycles. The summed E-state index contributed by atoms with van der Waals surface area (Å²) in [5.74, 6) is 0. The number of para-hydroxylation sites is 1. The van der Waals surface area contributed by atoms with E-state index in [4.69, 9.17) is 4.74 Å². The Labute approximate surface area is 171 Å². The van der Waals surface area contributed by atoms with Gasteiger partial charge >= 0.3 is 0 Å². The molecular formula is C24H27FN3O. The standard InChI is InChI=1S/C24H27FN3O/c1-3-26-18-8-6-7-17(12-18)23-22-20(19-9-4-5-10-21(19)27-22)11-16(2)28(23)13-24(25)14-29-15-24/h4-10,12,16,23,26-27H,1,3,11,13-15H2,2H3/t16-,23-/m1/s1. The van der Waals surface area contributed by atoms with E-state index in [0.717, 1.165) is 23.2 Å². The molecule has 2 aliphatic rings. The number of fused-ring (bicyclic) bond motifs is 3. The maximum Gasteiger partial charge on any atom is 0.169 e. The fraction of sp³-hybridized carbons (Fsp3) is 0.375. The Morgan fingerprint density at radius 2 is 2.07 bits per heavy atom. The number of hydrogen-bond donors (Lipinski definition) is 2. The van der Waals surface area contributed by atoms with Crippen LogP contribution in [-0.2, 0) is 11.2 Å². The van der Waals surface area contributed by atoms with E-state index in [-0.39, 0.29) is 25.3 Å². The van der Waals surface area contributed by atoms with Crippen LogP contribution in [0, 0.1) is 6.92 Å². The summed E-state index contributed by atoms with van der Waals surface area (Å²) in [6.07, 6.45) is 0.906. The van der Waals surface area contributed by atoms with Crippen LogP contribution in [0.25, 0.3) is 10.9 Å². The number of hydrogen-bond acceptors (Lipinski definition) is 3. The van der Waals surface area contributed by atoms with Gasteiger partial charge in [-0.2, -0.15) is 0 Å². The van der Waals surface area contributed by atoms with Crippen LogP contribution in [0.3, 0.4) is 0 Å². The molecule has 0 bridgehead atoms. The monoisotopic (exact) mass is 392 g/mol. The van der Waals surface area contributed by atoms with Crippen LogP contribution in [0.5, 0.6) is 0 Å². The van der Waals surface area contributed by atoms with Gasteiger partial charge in [0.1, 0.15) is 0 Å². The summed E-state index contributed by atoms with van der Waals surface area (Å²) < 4.78 is 20.3. The van der Waals surface area contributed by atoms with Crippen LogP contribution in [0.4, 0.5) is 10.1 Å². The molecule has 0 unspecified atom stereocenters. The Morgan fingerprint density at radius 1 is 1.24 bits per heavy atom. The van der Waals surface area contributed by atoms with Crippen LogP contribution >= 0.6 is 0 Å². The van der Waals surface area contributed by atoms with Crippen molar-refractivity contribution in [3.05, 3.63) is 72.3 Å². The number of halogens is 1. The lowest BCUT2D eigenvalue weighted by Gasteiger charge is -2.46. The third-order valence-corrected chi connectivity index (χ3v) is 6.24. The van der Waals surface area contributed by atoms with Gasteiger partial charge in [0.25, 0.3) is 0 Å². The highest BCUT2D eigenvalue weighted by atomic mass is 19.1. The number of nitrogens with zero attached hydrogens (tertiary/aromatic N) is 1. The zero-order valence-electron chi connectivity index (χ0n) is 16.7. The molecule has 3 heterocycles. The van der Waals surface area contributed by atoms with Crippen molar-refractivity contribution in [3.63, 3.8) is 0 Å². The van der Waals surface area contributed by atoms with Gasteiger partial charge in [-0.05, 0) is 49.6 Å². The highest BCUT2D eigenvalue weighted by Crippen LogP contribution is 2.42. The van der Waals surface area contributed by atoms with E-state index in [1.54, 1.807) is 0 Å². The van der Waals surface area contributed by atoms with Crippen LogP contribution in [0.1, 0.15) is 29.8 Å². The molecule has 5 heteroatoms. The topological polar surface area (TPSA) is 40.3 Å². The van der Waals surface area contributed by atoms with Crippen molar-refractivity contribution in [1.29, 1.82) is 0 Å². The van der Waals surface area contributed by atoms with Gasteiger partial charge in [0, 0.05) is 41.4 Å². The molecule has 2 aliphatic heterocycles. The van der Waals surface area contributed by atoms with Gasteiger partial charge in [0.05, 0.1) is 19.3 Å². The van der Waals surface area contributed by atoms with Gasteiger partial charge in [-0.1, -0.05) is 30.3 Å². The maximum atomic E-state index is 15.1. The first-order valence-electron chi connectivity index (χ1n) is 10.3. The third kappa shape index (κ3) is 3.22. The fourth-order valence-corrected chi connectivity index (χ4v) is 4.82. The Bertz CT molecular complexity index is 1030. The van der Waals surface area contributed by atoms with Gasteiger partial charge in [0.15, 0.2) is 5.67 Å². The first-order valence-corrected chi connectivity index (χ1v) is 10.3. The van der Waals surface area contributed by atoms with E-state index in [1.165, 1.54) is 16.6 Å². The van der Waals surface area contributed by atoms with Crippen molar-refractivity contribution in [2.75, 3.05) is 31.6 Å². The van der Waals surface area contributed by atoms with Crippen molar-refractivity contribution in [2.24, 2.45) is 0 Å². The molecule has 3 aromatic rings. The molecule has 0 saturated carbocycles. The molecule has 4 nitrogen and oxygen atoms in total. The highest BCUT2D eigenvalue weighted by Gasteiger charge is 2.45. The van der Waals surface area contributed by atoms with E-state index in [2.05, 4.69) is 71.5 Å². The van der Waals surface area contributed by atoms with E-state index in [1.807, 2.05) is 6.07 Å². The van der Waals surface area contributed by atoms with E-state index in [0.29, 0.717) is 13.1 Å². The Balaban J connectivity index is 1.64. The molecule has 0 aliphatic carbocycles. The van der Waals surface area contributed by atoms with Crippen molar-refractivity contribution in [1.82, 2.24) is 9.88 Å². The van der Waals surface area contributed by atoms with Crippen molar-refractivity contribution in [3.8, 4) is 0 Å². The minimum atomic E-state index is -1.26. The first kappa shape index (κ1) is 18.6. The smallest absolute Gasteiger partial charge is 0.169 e. The normalized spacial score (nSPS) is 23.6. The average molecular weight is 392 g/mol. The molecule has 2 atom stereocenters. The minimum Gasteiger partial charge on any atom is -0.385 e. The maximum absolute atomic E-state index is 15.1. The summed E-state index contributed by atoms with van der Waals surface area (Å²) in [5, 5.41) is 4.57. The summed E-state index contributed by atoms with van der Waals surface area (Å²) in [5.41, 5.74) is 4.61. The Morgan fingerprint density at radius 3 is 2.83 bits per heavy atom. The van der Waals surface area contributed by atoms with Crippen molar-refractivity contribution in [2.45, 2.75) is 31.1 Å². The minimum absolute atomic E-state index is 0.0269. The zero-order valence-corrected chi connectivity index (χ0v) is 16.7. The number of H-pyrrole nitrogens is 1. The molecule has 2 aromatic carbocycles. The second-order valence-corrected chi connectivity index (χ2v) is 8.39. The number of benzene rings is 2. The summed E-state index contributed by atoms with van der Waals surface area (Å²) in [6, 6.07) is 17.1. The van der Waals surface area contributed by atoms with Gasteiger partial charge in [0.2, 0.25) is 0 Å². The molecule has 151 valence electrons. The Hall–Kier alpha value is -2.37. The van der Waals surface area contributed by atoms with Gasteiger partial charge < -0.3 is 15.0 Å². The molecule has 29 heavy (non-hydrogen) atoms. The highest BCUT2D eigenvalue weighted by molar-refractivity contribution is 5.85. The van der Waals surface area contributed by atoms with Crippen molar-refractivity contribution < 1.29 is 9.13 Å². The number of nitrogens with one attached hydrogen (secondary N) is 2. The summed E-state index contributed by atoms with van der Waals surface area (Å²) in [4.78, 5) is 5.97. The fourth-order valence-electron chi connectivity index (χ4n) is 4.82. The summed E-state index contributed by atoms with van der Waals surface area (Å²) >= 11 is 0. The predicted molar refractivity (Wildman–Crippen MR) is 115 cm³/mol. The lowest BCUT2D eigenvalue weighted by Crippen LogP contribution is -2.57. The molecule has 0 amide bonds.